The van der Waals surface area contributed by atoms with Crippen molar-refractivity contribution >= 4 is 59.8 Å². The number of furan rings is 2. The molecule has 0 unspecified atom stereocenters. The van der Waals surface area contributed by atoms with Crippen LogP contribution in [-0.2, 0) is 0 Å². The molecule has 4 heterocycles. The molecule has 0 fully saturated rings. The lowest BCUT2D eigenvalue weighted by molar-refractivity contribution is 0.664. The molecule has 0 spiro atoms. The van der Waals surface area contributed by atoms with Gasteiger partial charge >= 0.3 is 0 Å². The molecule has 0 bridgehead atoms. The van der Waals surface area contributed by atoms with Gasteiger partial charge in [0.1, 0.15) is 27.9 Å². The van der Waals surface area contributed by atoms with Gasteiger partial charge in [-0.15, -0.1) is 0 Å². The van der Waals surface area contributed by atoms with E-state index >= 15 is 0 Å². The topological polar surface area (TPSA) is 99.6 Å². The van der Waals surface area contributed by atoms with Crippen molar-refractivity contribution in [2.24, 2.45) is 0 Å². The van der Waals surface area contributed by atoms with Crippen molar-refractivity contribution in [2.45, 2.75) is 20.8 Å². The number of nitriles is 2. The first-order chi connectivity index (χ1) is 22.4. The fourth-order valence-electron chi connectivity index (χ4n) is 5.34. The number of aromatic nitrogens is 2. The van der Waals surface area contributed by atoms with Crippen molar-refractivity contribution in [3.8, 4) is 23.4 Å². The molecule has 46 heavy (non-hydrogen) atoms. The molecule has 6 nitrogen and oxygen atoms in total. The molecule has 0 saturated carbocycles. The summed E-state index contributed by atoms with van der Waals surface area (Å²) in [5.41, 5.74) is 9.42. The number of rotatable bonds is 1. The van der Waals surface area contributed by atoms with Gasteiger partial charge in [-0.05, 0) is 95.9 Å². The van der Waals surface area contributed by atoms with Crippen molar-refractivity contribution in [3.63, 3.8) is 0 Å². The SMILES string of the molecule is Cc1cccc2c1oc1c(C#N)cccc12.Cc1ccnc(-c2cccc3c2oc2c(C#N)cccc23)c1.Cc1ccnc(Br)c1. The third-order valence-corrected chi connectivity index (χ3v) is 7.99. The quantitative estimate of drug-likeness (QED) is 0.162. The second-order valence-corrected chi connectivity index (χ2v) is 11.6. The number of aryl methyl sites for hydroxylation is 3. The number of halogens is 1. The van der Waals surface area contributed by atoms with Crippen LogP contribution in [0.1, 0.15) is 27.8 Å². The van der Waals surface area contributed by atoms with E-state index in [0.717, 1.165) is 59.7 Å². The Kier molecular flexibility index (Phi) is 8.61. The predicted octanol–water partition coefficient (Wildman–Crippen LogP) is 10.7. The Labute approximate surface area is 274 Å². The maximum absolute atomic E-state index is 9.26. The Morgan fingerprint density at radius 2 is 1.07 bits per heavy atom. The molecule has 0 radical (unpaired) electrons. The Morgan fingerprint density at radius 1 is 0.565 bits per heavy atom. The average Bonchev–Trinajstić information content (AvgIpc) is 3.65. The van der Waals surface area contributed by atoms with E-state index in [-0.39, 0.29) is 0 Å². The molecule has 0 N–H and O–H groups in total. The number of hydrogen-bond acceptors (Lipinski definition) is 6. The van der Waals surface area contributed by atoms with Gasteiger partial charge in [-0.2, -0.15) is 10.5 Å². The van der Waals surface area contributed by atoms with Crippen LogP contribution in [0.2, 0.25) is 0 Å². The number of hydrogen-bond donors (Lipinski definition) is 0. The molecule has 4 aromatic heterocycles. The van der Waals surface area contributed by atoms with Gasteiger partial charge in [0, 0.05) is 39.5 Å². The lowest BCUT2D eigenvalue weighted by atomic mass is 10.0. The molecule has 0 amide bonds. The number of benzene rings is 4. The van der Waals surface area contributed by atoms with Gasteiger partial charge in [0.05, 0.1) is 16.8 Å². The third kappa shape index (κ3) is 5.97. The Hall–Kier alpha value is -5.76. The van der Waals surface area contributed by atoms with Gasteiger partial charge in [0.15, 0.2) is 11.2 Å². The summed E-state index contributed by atoms with van der Waals surface area (Å²) in [7, 11) is 0. The highest BCUT2D eigenvalue weighted by atomic mass is 79.9. The summed E-state index contributed by atoms with van der Waals surface area (Å²) >= 11 is 3.25. The maximum Gasteiger partial charge on any atom is 0.153 e. The summed E-state index contributed by atoms with van der Waals surface area (Å²) < 4.78 is 12.7. The molecule has 222 valence electrons. The highest BCUT2D eigenvalue weighted by Crippen LogP contribution is 2.36. The Balaban J connectivity index is 0.000000135. The normalized spacial score (nSPS) is 10.6. The van der Waals surface area contributed by atoms with Gasteiger partial charge in [-0.1, -0.05) is 54.6 Å². The van der Waals surface area contributed by atoms with Crippen LogP contribution in [0.4, 0.5) is 0 Å². The van der Waals surface area contributed by atoms with Crippen molar-refractivity contribution in [2.75, 3.05) is 0 Å². The Morgan fingerprint density at radius 3 is 1.61 bits per heavy atom. The van der Waals surface area contributed by atoms with E-state index in [1.165, 1.54) is 5.56 Å². The van der Waals surface area contributed by atoms with E-state index < -0.39 is 0 Å². The molecule has 4 aromatic carbocycles. The van der Waals surface area contributed by atoms with Crippen molar-refractivity contribution in [1.82, 2.24) is 9.97 Å². The van der Waals surface area contributed by atoms with Crippen LogP contribution in [0.15, 0.2) is 123 Å². The van der Waals surface area contributed by atoms with E-state index in [0.29, 0.717) is 22.3 Å². The lowest BCUT2D eigenvalue weighted by Gasteiger charge is -2.02. The summed E-state index contributed by atoms with van der Waals surface area (Å²) in [5.74, 6) is 0. The molecule has 0 saturated heterocycles. The number of pyridine rings is 2. The van der Waals surface area contributed by atoms with Crippen molar-refractivity contribution < 1.29 is 8.83 Å². The van der Waals surface area contributed by atoms with Crippen LogP contribution in [0, 0.1) is 43.4 Å². The van der Waals surface area contributed by atoms with Crippen LogP contribution in [0.3, 0.4) is 0 Å². The summed E-state index contributed by atoms with van der Waals surface area (Å²) in [6.07, 6.45) is 3.58. The van der Waals surface area contributed by atoms with E-state index in [2.05, 4.69) is 38.0 Å². The minimum atomic E-state index is 0.553. The summed E-state index contributed by atoms with van der Waals surface area (Å²) in [5, 5.41) is 22.3. The van der Waals surface area contributed by atoms with Crippen LogP contribution in [0.25, 0.3) is 55.1 Å². The van der Waals surface area contributed by atoms with Gasteiger partial charge in [0.2, 0.25) is 0 Å². The average molecular weight is 664 g/mol. The standard InChI is InChI=1S/C19H12N2O.C14H9NO.C6H6BrN/c1-12-8-9-21-17(10-12)16-7-3-6-15-14-5-2-4-13(11-20)18(14)22-19(15)16;1-9-4-2-6-11-12-7-3-5-10(8-15)14(12)16-13(9)11;1-5-2-3-8-6(7)4-5/h2-10H,1H3;2-7H,1H3;2-4H,1H3. The van der Waals surface area contributed by atoms with E-state index in [1.54, 1.807) is 24.5 Å². The molecular formula is C39H27BrN4O2. The smallest absolute Gasteiger partial charge is 0.153 e. The van der Waals surface area contributed by atoms with Gasteiger partial charge in [-0.3, -0.25) is 4.98 Å². The number of fused-ring (bicyclic) bond motifs is 6. The fourth-order valence-corrected chi connectivity index (χ4v) is 5.82. The van der Waals surface area contributed by atoms with Gasteiger partial charge in [-0.25, -0.2) is 4.98 Å². The Bertz CT molecular complexity index is 2440. The second-order valence-electron chi connectivity index (χ2n) is 10.8. The first-order valence-corrected chi connectivity index (χ1v) is 15.3. The zero-order valence-electron chi connectivity index (χ0n) is 25.4. The van der Waals surface area contributed by atoms with Crippen LogP contribution < -0.4 is 0 Å². The minimum Gasteiger partial charge on any atom is -0.454 e. The molecule has 0 aliphatic rings. The van der Waals surface area contributed by atoms with Gasteiger partial charge < -0.3 is 8.83 Å². The summed E-state index contributed by atoms with van der Waals surface area (Å²) in [4.78, 5) is 8.40. The van der Waals surface area contributed by atoms with Crippen LogP contribution in [0.5, 0.6) is 0 Å². The van der Waals surface area contributed by atoms with Crippen molar-refractivity contribution in [1.29, 1.82) is 10.5 Å². The predicted molar refractivity (Wildman–Crippen MR) is 186 cm³/mol. The maximum atomic E-state index is 9.26. The van der Waals surface area contributed by atoms with Gasteiger partial charge in [0.25, 0.3) is 0 Å². The highest BCUT2D eigenvalue weighted by molar-refractivity contribution is 9.10. The zero-order chi connectivity index (χ0) is 32.2. The fraction of sp³-hybridized carbons (Fsp3) is 0.0769. The lowest BCUT2D eigenvalue weighted by Crippen LogP contribution is -1.84. The summed E-state index contributed by atoms with van der Waals surface area (Å²) in [6, 6.07) is 35.6. The summed E-state index contributed by atoms with van der Waals surface area (Å²) in [6.45, 7) is 6.08. The molecule has 8 rings (SSSR count). The first-order valence-electron chi connectivity index (χ1n) is 14.5. The number of para-hydroxylation sites is 4. The van der Waals surface area contributed by atoms with E-state index in [4.69, 9.17) is 14.1 Å². The highest BCUT2D eigenvalue weighted by Gasteiger charge is 2.15. The van der Waals surface area contributed by atoms with Crippen molar-refractivity contribution in [3.05, 3.63) is 142 Å². The molecule has 0 aliphatic carbocycles. The zero-order valence-corrected chi connectivity index (χ0v) is 27.0. The monoisotopic (exact) mass is 662 g/mol. The van der Waals surface area contributed by atoms with Crippen LogP contribution >= 0.6 is 15.9 Å². The molecule has 7 heteroatoms. The largest absolute Gasteiger partial charge is 0.454 e. The van der Waals surface area contributed by atoms with Crippen LogP contribution in [-0.4, -0.2) is 9.97 Å². The first kappa shape index (κ1) is 30.3. The minimum absolute atomic E-state index is 0.553. The third-order valence-electron chi connectivity index (χ3n) is 7.56. The molecule has 0 atom stereocenters. The molecular weight excluding hydrogens is 636 g/mol. The number of nitrogens with zero attached hydrogens (tertiary/aromatic N) is 4. The molecule has 8 aromatic rings. The second kappa shape index (κ2) is 13.1. The van der Waals surface area contributed by atoms with E-state index in [9.17, 15) is 5.26 Å². The van der Waals surface area contributed by atoms with E-state index in [1.807, 2.05) is 106 Å². The molecule has 0 aliphatic heterocycles.